The van der Waals surface area contributed by atoms with Gasteiger partial charge in [0.2, 0.25) is 5.91 Å². The fourth-order valence-electron chi connectivity index (χ4n) is 4.05. The van der Waals surface area contributed by atoms with Crippen LogP contribution in [0.4, 0.5) is 14.9 Å². The first kappa shape index (κ1) is 20.6. The highest BCUT2D eigenvalue weighted by Gasteiger charge is 2.40. The van der Waals surface area contributed by atoms with E-state index in [1.54, 1.807) is 42.5 Å². The summed E-state index contributed by atoms with van der Waals surface area (Å²) in [6.45, 7) is 4.22. The predicted octanol–water partition coefficient (Wildman–Crippen LogP) is 2.90. The molecule has 0 bridgehead atoms. The summed E-state index contributed by atoms with van der Waals surface area (Å²) < 4.78 is 14.2. The summed E-state index contributed by atoms with van der Waals surface area (Å²) in [5, 5.41) is 8.30. The third-order valence-electron chi connectivity index (χ3n) is 5.60. The van der Waals surface area contributed by atoms with Crippen LogP contribution >= 0.6 is 0 Å². The van der Waals surface area contributed by atoms with Crippen LogP contribution in [0.15, 0.2) is 55.1 Å². The van der Waals surface area contributed by atoms with Crippen LogP contribution in [-0.2, 0) is 4.79 Å². The maximum absolute atomic E-state index is 14.2. The van der Waals surface area contributed by atoms with Crippen LogP contribution in [0.25, 0.3) is 11.1 Å². The second-order valence-electron chi connectivity index (χ2n) is 7.61. The number of piperidine rings is 1. The quantitative estimate of drug-likeness (QED) is 0.662. The van der Waals surface area contributed by atoms with Gasteiger partial charge in [-0.05, 0) is 36.6 Å². The largest absolute Gasteiger partial charge is 0.335 e. The molecule has 0 radical (unpaired) electrons. The van der Waals surface area contributed by atoms with Crippen LogP contribution in [0.2, 0.25) is 0 Å². The van der Waals surface area contributed by atoms with Gasteiger partial charge in [-0.3, -0.25) is 9.59 Å². The van der Waals surface area contributed by atoms with Gasteiger partial charge in [-0.1, -0.05) is 30.3 Å². The van der Waals surface area contributed by atoms with Crippen LogP contribution < -0.4 is 16.0 Å². The number of urea groups is 1. The van der Waals surface area contributed by atoms with Crippen molar-refractivity contribution in [2.75, 3.05) is 18.4 Å². The number of fused-ring (bicyclic) bond motifs is 2. The van der Waals surface area contributed by atoms with E-state index in [1.807, 2.05) is 0 Å². The van der Waals surface area contributed by atoms with Gasteiger partial charge in [0.1, 0.15) is 11.9 Å². The standard InChI is InChI=1S/C23H23FN4O3/c1-2-10-25-23(31)26-15-9-11-28-20(13-15)21(29)27-19-8-7-14(12-17(19)22(28)30)16-5-3-4-6-18(16)24/h2-8,12,15,20H,1,9-11,13H2,(H,27,29)(H2,25,26,31)/t15-,20+/m1/s1. The van der Waals surface area contributed by atoms with Crippen molar-refractivity contribution < 1.29 is 18.8 Å². The third-order valence-corrected chi connectivity index (χ3v) is 5.60. The Kier molecular flexibility index (Phi) is 5.70. The van der Waals surface area contributed by atoms with Gasteiger partial charge < -0.3 is 20.9 Å². The van der Waals surface area contributed by atoms with Crippen molar-refractivity contribution in [2.45, 2.75) is 24.9 Å². The van der Waals surface area contributed by atoms with Gasteiger partial charge in [-0.2, -0.15) is 0 Å². The van der Waals surface area contributed by atoms with Crippen molar-refractivity contribution in [3.63, 3.8) is 0 Å². The van der Waals surface area contributed by atoms with Crippen molar-refractivity contribution in [3.05, 3.63) is 66.5 Å². The maximum atomic E-state index is 14.2. The van der Waals surface area contributed by atoms with Gasteiger partial charge in [0.15, 0.2) is 0 Å². The Morgan fingerprint density at radius 2 is 2.03 bits per heavy atom. The lowest BCUT2D eigenvalue weighted by Gasteiger charge is -2.37. The normalized spacial score (nSPS) is 20.1. The second-order valence-corrected chi connectivity index (χ2v) is 7.61. The molecule has 2 aliphatic heterocycles. The molecule has 1 fully saturated rings. The van der Waals surface area contributed by atoms with Gasteiger partial charge in [-0.25, -0.2) is 9.18 Å². The number of carbonyl (C=O) groups excluding carboxylic acids is 3. The maximum Gasteiger partial charge on any atom is 0.315 e. The molecule has 2 aromatic rings. The highest BCUT2D eigenvalue weighted by molar-refractivity contribution is 6.10. The molecule has 0 unspecified atom stereocenters. The molecule has 8 heteroatoms. The van der Waals surface area contributed by atoms with Crippen LogP contribution in [0.5, 0.6) is 0 Å². The first-order valence-electron chi connectivity index (χ1n) is 10.1. The van der Waals surface area contributed by atoms with Crippen molar-refractivity contribution >= 4 is 23.5 Å². The molecular formula is C23H23FN4O3. The first-order valence-corrected chi connectivity index (χ1v) is 10.1. The summed E-state index contributed by atoms with van der Waals surface area (Å²) in [5.74, 6) is -0.970. The van der Waals surface area contributed by atoms with Crippen LogP contribution in [0.1, 0.15) is 23.2 Å². The molecular weight excluding hydrogens is 399 g/mol. The van der Waals surface area contributed by atoms with Crippen molar-refractivity contribution in [1.82, 2.24) is 15.5 Å². The minimum absolute atomic E-state index is 0.236. The molecule has 3 N–H and O–H groups in total. The van der Waals surface area contributed by atoms with E-state index in [4.69, 9.17) is 0 Å². The van der Waals surface area contributed by atoms with E-state index in [0.717, 1.165) is 0 Å². The minimum atomic E-state index is -0.699. The van der Waals surface area contributed by atoms with Gasteiger partial charge in [-0.15, -0.1) is 6.58 Å². The van der Waals surface area contributed by atoms with E-state index < -0.39 is 6.04 Å². The summed E-state index contributed by atoms with van der Waals surface area (Å²) in [5.41, 5.74) is 1.68. The zero-order valence-corrected chi connectivity index (χ0v) is 16.9. The van der Waals surface area contributed by atoms with Crippen LogP contribution in [0, 0.1) is 5.82 Å². The van der Waals surface area contributed by atoms with E-state index in [1.165, 1.54) is 11.0 Å². The zero-order chi connectivity index (χ0) is 22.0. The molecule has 1 saturated heterocycles. The molecule has 160 valence electrons. The molecule has 2 heterocycles. The summed E-state index contributed by atoms with van der Waals surface area (Å²) in [4.78, 5) is 39.6. The molecule has 2 aliphatic rings. The van der Waals surface area contributed by atoms with Gasteiger partial charge >= 0.3 is 6.03 Å². The Bertz CT molecular complexity index is 1050. The Hall–Kier alpha value is -3.68. The SMILES string of the molecule is C=CCNC(=O)N[C@@H]1CCN2C(=O)c3cc(-c4ccccc4F)ccc3NC(=O)[C@@H]2C1. The number of nitrogens with zero attached hydrogens (tertiary/aromatic N) is 1. The van der Waals surface area contributed by atoms with E-state index in [-0.39, 0.29) is 29.7 Å². The fourth-order valence-corrected chi connectivity index (χ4v) is 4.05. The molecule has 2 aromatic carbocycles. The number of hydrogen-bond donors (Lipinski definition) is 3. The monoisotopic (exact) mass is 422 g/mol. The third kappa shape index (κ3) is 4.14. The summed E-state index contributed by atoms with van der Waals surface area (Å²) >= 11 is 0. The second kappa shape index (κ2) is 8.59. The molecule has 31 heavy (non-hydrogen) atoms. The molecule has 0 aliphatic carbocycles. The average Bonchev–Trinajstić information content (AvgIpc) is 2.87. The van der Waals surface area contributed by atoms with Gasteiger partial charge in [0.25, 0.3) is 5.91 Å². The van der Waals surface area contributed by atoms with E-state index in [0.29, 0.717) is 48.3 Å². The topological polar surface area (TPSA) is 90.5 Å². The fraction of sp³-hybridized carbons (Fsp3) is 0.261. The summed E-state index contributed by atoms with van der Waals surface area (Å²) in [7, 11) is 0. The summed E-state index contributed by atoms with van der Waals surface area (Å²) in [6, 6.07) is 10.0. The lowest BCUT2D eigenvalue weighted by Crippen LogP contribution is -2.56. The molecule has 0 saturated carbocycles. The van der Waals surface area contributed by atoms with Crippen LogP contribution in [0.3, 0.4) is 0 Å². The Morgan fingerprint density at radius 3 is 2.81 bits per heavy atom. The number of hydrogen-bond acceptors (Lipinski definition) is 3. The molecule has 0 spiro atoms. The smallest absolute Gasteiger partial charge is 0.315 e. The molecule has 0 aromatic heterocycles. The highest BCUT2D eigenvalue weighted by atomic mass is 19.1. The minimum Gasteiger partial charge on any atom is -0.335 e. The van der Waals surface area contributed by atoms with E-state index in [9.17, 15) is 18.8 Å². The molecule has 7 nitrogen and oxygen atoms in total. The Morgan fingerprint density at radius 1 is 1.23 bits per heavy atom. The number of rotatable bonds is 4. The first-order chi connectivity index (χ1) is 15.0. The van der Waals surface area contributed by atoms with Crippen LogP contribution in [-0.4, -0.2) is 47.9 Å². The zero-order valence-electron chi connectivity index (χ0n) is 16.9. The number of amides is 4. The molecule has 4 rings (SSSR count). The molecule has 2 atom stereocenters. The van der Waals surface area contributed by atoms with E-state index >= 15 is 0 Å². The van der Waals surface area contributed by atoms with Crippen molar-refractivity contribution in [1.29, 1.82) is 0 Å². The number of benzene rings is 2. The number of anilines is 1. The van der Waals surface area contributed by atoms with Gasteiger partial charge in [0.05, 0.1) is 11.3 Å². The Balaban J connectivity index is 1.57. The lowest BCUT2D eigenvalue weighted by molar-refractivity contribution is -0.121. The Labute approximate surface area is 179 Å². The molecule has 4 amide bonds. The number of halogens is 1. The number of carbonyl (C=O) groups is 3. The number of nitrogens with one attached hydrogen (secondary N) is 3. The van der Waals surface area contributed by atoms with Gasteiger partial charge in [0, 0.05) is 24.7 Å². The average molecular weight is 422 g/mol. The van der Waals surface area contributed by atoms with Crippen molar-refractivity contribution in [2.24, 2.45) is 0 Å². The van der Waals surface area contributed by atoms with E-state index in [2.05, 4.69) is 22.5 Å². The highest BCUT2D eigenvalue weighted by Crippen LogP contribution is 2.32. The summed E-state index contributed by atoms with van der Waals surface area (Å²) in [6.07, 6.45) is 2.42. The predicted molar refractivity (Wildman–Crippen MR) is 115 cm³/mol. The van der Waals surface area contributed by atoms with Crippen molar-refractivity contribution in [3.8, 4) is 11.1 Å². The lowest BCUT2D eigenvalue weighted by atomic mass is 9.96.